The summed E-state index contributed by atoms with van der Waals surface area (Å²) in [5.41, 5.74) is 2.33. The number of carbonyl (C=O) groups is 1. The second-order valence-corrected chi connectivity index (χ2v) is 4.19. The smallest absolute Gasteiger partial charge is 0.249 e. The highest BCUT2D eigenvalue weighted by Crippen LogP contribution is 2.08. The van der Waals surface area contributed by atoms with E-state index in [0.717, 1.165) is 17.7 Å². The summed E-state index contributed by atoms with van der Waals surface area (Å²) in [6, 6.07) is 10.9. The van der Waals surface area contributed by atoms with Gasteiger partial charge in [0.2, 0.25) is 5.91 Å². The molecule has 20 heavy (non-hydrogen) atoms. The zero-order chi connectivity index (χ0) is 14.4. The lowest BCUT2D eigenvalue weighted by Gasteiger charge is -1.96. The molecule has 0 fully saturated rings. The van der Waals surface area contributed by atoms with Crippen LogP contribution in [0.15, 0.2) is 36.4 Å². The fraction of sp³-hybridized carbons (Fsp3) is 0.133. The van der Waals surface area contributed by atoms with Gasteiger partial charge in [0.15, 0.2) is 5.82 Å². The molecule has 1 amide bonds. The predicted molar refractivity (Wildman–Crippen MR) is 76.8 cm³/mol. The number of H-pyrrole nitrogens is 1. The van der Waals surface area contributed by atoms with Gasteiger partial charge in [-0.15, -0.1) is 0 Å². The van der Waals surface area contributed by atoms with Crippen molar-refractivity contribution in [3.8, 4) is 6.07 Å². The molecular weight excluding hydrogens is 252 g/mol. The molecule has 1 aromatic carbocycles. The standard InChI is InChI=1S/C15H14N4O/c1-2-13-9-14(19-18-13)17-15(20)7-6-11-4-3-5-12(8-11)10-16/h3-9H,2H2,1H3,(H2,17,18,19,20)/b7-6+. The normalized spacial score (nSPS) is 10.4. The number of aryl methyl sites for hydroxylation is 1. The number of nitrogens with zero attached hydrogens (tertiary/aromatic N) is 2. The van der Waals surface area contributed by atoms with Gasteiger partial charge in [-0.2, -0.15) is 10.4 Å². The van der Waals surface area contributed by atoms with Gasteiger partial charge >= 0.3 is 0 Å². The third-order valence-electron chi connectivity index (χ3n) is 2.71. The third kappa shape index (κ3) is 3.56. The Hall–Kier alpha value is -2.87. The van der Waals surface area contributed by atoms with Crippen LogP contribution in [0.1, 0.15) is 23.7 Å². The van der Waals surface area contributed by atoms with E-state index >= 15 is 0 Å². The van der Waals surface area contributed by atoms with Gasteiger partial charge in [-0.1, -0.05) is 19.1 Å². The van der Waals surface area contributed by atoms with Crippen LogP contribution in [0, 0.1) is 11.3 Å². The zero-order valence-electron chi connectivity index (χ0n) is 11.1. The van der Waals surface area contributed by atoms with Gasteiger partial charge in [0, 0.05) is 17.8 Å². The highest BCUT2D eigenvalue weighted by molar-refractivity contribution is 6.01. The molecule has 100 valence electrons. The quantitative estimate of drug-likeness (QED) is 0.834. The number of rotatable bonds is 4. The van der Waals surface area contributed by atoms with Crippen molar-refractivity contribution in [2.24, 2.45) is 0 Å². The van der Waals surface area contributed by atoms with Gasteiger partial charge in [-0.3, -0.25) is 9.89 Å². The lowest BCUT2D eigenvalue weighted by Crippen LogP contribution is -2.07. The SMILES string of the molecule is CCc1cc(NC(=O)/C=C/c2cccc(C#N)c2)n[nH]1. The molecule has 2 rings (SSSR count). The maximum absolute atomic E-state index is 11.7. The van der Waals surface area contributed by atoms with Crippen molar-refractivity contribution < 1.29 is 4.79 Å². The number of aromatic amines is 1. The summed E-state index contributed by atoms with van der Waals surface area (Å²) < 4.78 is 0. The van der Waals surface area contributed by atoms with Gasteiger partial charge < -0.3 is 5.32 Å². The molecule has 0 bridgehead atoms. The molecule has 0 spiro atoms. The Labute approximate surface area is 116 Å². The topological polar surface area (TPSA) is 81.6 Å². The molecule has 2 aromatic rings. The lowest BCUT2D eigenvalue weighted by molar-refractivity contribution is -0.111. The maximum Gasteiger partial charge on any atom is 0.249 e. The molecule has 0 atom stereocenters. The second-order valence-electron chi connectivity index (χ2n) is 4.19. The van der Waals surface area contributed by atoms with Crippen LogP contribution in [0.5, 0.6) is 0 Å². The highest BCUT2D eigenvalue weighted by atomic mass is 16.1. The summed E-state index contributed by atoms with van der Waals surface area (Å²) in [5.74, 6) is 0.240. The number of nitriles is 1. The van der Waals surface area contributed by atoms with Gasteiger partial charge in [0.1, 0.15) is 0 Å². The van der Waals surface area contributed by atoms with Crippen LogP contribution in [0.3, 0.4) is 0 Å². The molecule has 0 saturated heterocycles. The Morgan fingerprint density at radius 2 is 2.35 bits per heavy atom. The predicted octanol–water partition coefficient (Wildman–Crippen LogP) is 2.50. The number of benzene rings is 1. The van der Waals surface area contributed by atoms with Crippen LogP contribution in [0.4, 0.5) is 5.82 Å². The second kappa shape index (κ2) is 6.34. The van der Waals surface area contributed by atoms with E-state index in [1.54, 1.807) is 30.3 Å². The average molecular weight is 266 g/mol. The van der Waals surface area contributed by atoms with E-state index in [-0.39, 0.29) is 5.91 Å². The molecule has 5 nitrogen and oxygen atoms in total. The number of hydrogen-bond acceptors (Lipinski definition) is 3. The van der Waals surface area contributed by atoms with Crippen LogP contribution in [-0.4, -0.2) is 16.1 Å². The van der Waals surface area contributed by atoms with Crippen molar-refractivity contribution in [3.05, 3.63) is 53.2 Å². The molecule has 0 aliphatic heterocycles. The van der Waals surface area contributed by atoms with E-state index in [0.29, 0.717) is 11.4 Å². The van der Waals surface area contributed by atoms with E-state index in [1.165, 1.54) is 6.08 Å². The van der Waals surface area contributed by atoms with E-state index in [9.17, 15) is 4.79 Å². The molecule has 2 N–H and O–H groups in total. The Balaban J connectivity index is 2.00. The van der Waals surface area contributed by atoms with Crippen molar-refractivity contribution in [2.45, 2.75) is 13.3 Å². The Bertz CT molecular complexity index is 679. The first-order valence-electron chi connectivity index (χ1n) is 6.25. The van der Waals surface area contributed by atoms with Gasteiger partial charge in [-0.25, -0.2) is 0 Å². The molecular formula is C15H14N4O. The average Bonchev–Trinajstić information content (AvgIpc) is 2.93. The molecule has 0 aliphatic rings. The van der Waals surface area contributed by atoms with E-state index in [1.807, 2.05) is 13.0 Å². The van der Waals surface area contributed by atoms with Crippen molar-refractivity contribution >= 4 is 17.8 Å². The van der Waals surface area contributed by atoms with Crippen molar-refractivity contribution in [1.29, 1.82) is 5.26 Å². The van der Waals surface area contributed by atoms with Crippen LogP contribution in [-0.2, 0) is 11.2 Å². The van der Waals surface area contributed by atoms with E-state index < -0.39 is 0 Å². The molecule has 0 aliphatic carbocycles. The Morgan fingerprint density at radius 3 is 3.05 bits per heavy atom. The van der Waals surface area contributed by atoms with Gasteiger partial charge in [0.25, 0.3) is 0 Å². The summed E-state index contributed by atoms with van der Waals surface area (Å²) in [6.07, 6.45) is 3.90. The van der Waals surface area contributed by atoms with Crippen LogP contribution < -0.4 is 5.32 Å². The number of nitrogens with one attached hydrogen (secondary N) is 2. The fourth-order valence-electron chi connectivity index (χ4n) is 1.66. The Morgan fingerprint density at radius 1 is 1.50 bits per heavy atom. The zero-order valence-corrected chi connectivity index (χ0v) is 11.1. The molecule has 5 heteroatoms. The summed E-state index contributed by atoms with van der Waals surface area (Å²) in [7, 11) is 0. The molecule has 0 saturated carbocycles. The molecule has 1 aromatic heterocycles. The number of amides is 1. The van der Waals surface area contributed by atoms with E-state index in [4.69, 9.17) is 5.26 Å². The number of carbonyl (C=O) groups excluding carboxylic acids is 1. The number of anilines is 1. The van der Waals surface area contributed by atoms with Crippen molar-refractivity contribution in [3.63, 3.8) is 0 Å². The van der Waals surface area contributed by atoms with Crippen molar-refractivity contribution in [1.82, 2.24) is 10.2 Å². The minimum Gasteiger partial charge on any atom is -0.306 e. The maximum atomic E-state index is 11.7. The van der Waals surface area contributed by atoms with Crippen LogP contribution >= 0.6 is 0 Å². The summed E-state index contributed by atoms with van der Waals surface area (Å²) in [6.45, 7) is 2.00. The summed E-state index contributed by atoms with van der Waals surface area (Å²) in [4.78, 5) is 11.7. The third-order valence-corrected chi connectivity index (χ3v) is 2.71. The summed E-state index contributed by atoms with van der Waals surface area (Å²) >= 11 is 0. The minimum atomic E-state index is -0.262. The molecule has 0 radical (unpaired) electrons. The van der Waals surface area contributed by atoms with Gasteiger partial charge in [-0.05, 0) is 30.2 Å². The first-order chi connectivity index (χ1) is 9.71. The first-order valence-corrected chi connectivity index (χ1v) is 6.25. The first kappa shape index (κ1) is 13.6. The Kier molecular flexibility index (Phi) is 4.30. The monoisotopic (exact) mass is 266 g/mol. The molecule has 0 unspecified atom stereocenters. The van der Waals surface area contributed by atoms with Crippen molar-refractivity contribution in [2.75, 3.05) is 5.32 Å². The highest BCUT2D eigenvalue weighted by Gasteiger charge is 2.02. The number of hydrogen-bond donors (Lipinski definition) is 2. The number of aromatic nitrogens is 2. The van der Waals surface area contributed by atoms with Crippen LogP contribution in [0.2, 0.25) is 0 Å². The molecule has 1 heterocycles. The minimum absolute atomic E-state index is 0.262. The van der Waals surface area contributed by atoms with Crippen LogP contribution in [0.25, 0.3) is 6.08 Å². The van der Waals surface area contributed by atoms with E-state index in [2.05, 4.69) is 21.6 Å². The lowest BCUT2D eigenvalue weighted by atomic mass is 10.1. The fourth-order valence-corrected chi connectivity index (χ4v) is 1.66. The van der Waals surface area contributed by atoms with Gasteiger partial charge in [0.05, 0.1) is 11.6 Å². The summed E-state index contributed by atoms with van der Waals surface area (Å²) in [5, 5.41) is 18.3. The largest absolute Gasteiger partial charge is 0.306 e.